The van der Waals surface area contributed by atoms with Crippen molar-refractivity contribution in [2.24, 2.45) is 0 Å². The number of rotatable bonds is 5. The number of ether oxygens (including phenoxy) is 1. The molecule has 1 fully saturated rings. The molecule has 0 unspecified atom stereocenters. The number of halogens is 3. The molecule has 1 aromatic carbocycles. The highest BCUT2D eigenvalue weighted by Gasteiger charge is 2.38. The molecule has 11 heteroatoms. The summed E-state index contributed by atoms with van der Waals surface area (Å²) >= 11 is 0. The van der Waals surface area contributed by atoms with Gasteiger partial charge in [0.1, 0.15) is 0 Å². The zero-order valence-electron chi connectivity index (χ0n) is 14.6. The van der Waals surface area contributed by atoms with E-state index >= 15 is 0 Å². The molecule has 0 saturated carbocycles. The van der Waals surface area contributed by atoms with Gasteiger partial charge in [-0.25, -0.2) is 4.98 Å². The van der Waals surface area contributed by atoms with Crippen molar-refractivity contribution in [2.45, 2.75) is 31.7 Å². The summed E-state index contributed by atoms with van der Waals surface area (Å²) in [6.07, 6.45) is -2.92. The van der Waals surface area contributed by atoms with Crippen LogP contribution in [0.25, 0.3) is 11.0 Å². The standard InChI is InChI=1S/C17H16F3N5O3/c18-17(19,20)16-22-11-5-1-2-6-12(11)25(16)9-13-23-15(28-24-13)14(26)21-8-10-4-3-7-27-10/h1-2,5-6,10H,3-4,7-9H2,(H,21,26)/t10-/m1/s1. The molecule has 3 heterocycles. The highest BCUT2D eigenvalue weighted by atomic mass is 19.4. The highest BCUT2D eigenvalue weighted by Crippen LogP contribution is 2.31. The number of para-hydroxylation sites is 2. The van der Waals surface area contributed by atoms with Gasteiger partial charge in [-0.1, -0.05) is 17.3 Å². The summed E-state index contributed by atoms with van der Waals surface area (Å²) in [7, 11) is 0. The Kier molecular flexibility index (Phi) is 4.75. The van der Waals surface area contributed by atoms with Crippen LogP contribution in [0.4, 0.5) is 13.2 Å². The van der Waals surface area contributed by atoms with Crippen molar-refractivity contribution >= 4 is 16.9 Å². The van der Waals surface area contributed by atoms with Crippen molar-refractivity contribution in [3.63, 3.8) is 0 Å². The number of fused-ring (bicyclic) bond motifs is 1. The highest BCUT2D eigenvalue weighted by molar-refractivity contribution is 5.89. The maximum atomic E-state index is 13.3. The van der Waals surface area contributed by atoms with E-state index in [9.17, 15) is 18.0 Å². The van der Waals surface area contributed by atoms with Gasteiger partial charge < -0.3 is 19.1 Å². The van der Waals surface area contributed by atoms with Crippen LogP contribution >= 0.6 is 0 Å². The average Bonchev–Trinajstić information content (AvgIpc) is 3.40. The van der Waals surface area contributed by atoms with Crippen LogP contribution in [0.15, 0.2) is 28.8 Å². The van der Waals surface area contributed by atoms with E-state index in [-0.39, 0.29) is 35.4 Å². The molecule has 1 N–H and O–H groups in total. The van der Waals surface area contributed by atoms with E-state index in [2.05, 4.69) is 20.4 Å². The topological polar surface area (TPSA) is 95.1 Å². The van der Waals surface area contributed by atoms with Gasteiger partial charge in [-0.3, -0.25) is 4.79 Å². The summed E-state index contributed by atoms with van der Waals surface area (Å²) in [4.78, 5) is 19.7. The van der Waals surface area contributed by atoms with Gasteiger partial charge in [-0.05, 0) is 25.0 Å². The first-order chi connectivity index (χ1) is 13.4. The van der Waals surface area contributed by atoms with E-state index in [0.29, 0.717) is 13.2 Å². The lowest BCUT2D eigenvalue weighted by molar-refractivity contribution is -0.146. The Bertz CT molecular complexity index is 991. The molecule has 1 aliphatic heterocycles. The van der Waals surface area contributed by atoms with E-state index in [0.717, 1.165) is 17.4 Å². The van der Waals surface area contributed by atoms with Crippen molar-refractivity contribution in [3.8, 4) is 0 Å². The number of carbonyl (C=O) groups excluding carboxylic acids is 1. The molecule has 3 aromatic rings. The summed E-state index contributed by atoms with van der Waals surface area (Å²) in [6.45, 7) is 0.629. The maximum Gasteiger partial charge on any atom is 0.449 e. The molecular formula is C17H16F3N5O3. The summed E-state index contributed by atoms with van der Waals surface area (Å²) in [6, 6.07) is 6.22. The van der Waals surface area contributed by atoms with Gasteiger partial charge in [0, 0.05) is 13.2 Å². The van der Waals surface area contributed by atoms with Crippen LogP contribution in [0, 0.1) is 0 Å². The molecule has 0 radical (unpaired) electrons. The van der Waals surface area contributed by atoms with Crippen LogP contribution in [-0.2, 0) is 17.5 Å². The van der Waals surface area contributed by atoms with Crippen LogP contribution in [0.2, 0.25) is 0 Å². The average molecular weight is 395 g/mol. The molecule has 8 nitrogen and oxygen atoms in total. The van der Waals surface area contributed by atoms with Crippen LogP contribution in [0.5, 0.6) is 0 Å². The molecular weight excluding hydrogens is 379 g/mol. The summed E-state index contributed by atoms with van der Waals surface area (Å²) in [5.41, 5.74) is 0.483. The van der Waals surface area contributed by atoms with E-state index in [1.165, 1.54) is 12.1 Å². The Morgan fingerprint density at radius 2 is 2.11 bits per heavy atom. The second-order valence-electron chi connectivity index (χ2n) is 6.37. The number of benzene rings is 1. The molecule has 2 aromatic heterocycles. The fraction of sp³-hybridized carbons (Fsp3) is 0.412. The van der Waals surface area contributed by atoms with E-state index in [4.69, 9.17) is 9.26 Å². The van der Waals surface area contributed by atoms with Crippen molar-refractivity contribution in [3.05, 3.63) is 41.8 Å². The molecule has 1 atom stereocenters. The molecule has 1 amide bonds. The van der Waals surface area contributed by atoms with Crippen LogP contribution in [0.1, 0.15) is 35.2 Å². The number of nitrogens with one attached hydrogen (secondary N) is 1. The SMILES string of the molecule is O=C(NC[C@H]1CCCO1)c1nc(Cn2c(C(F)(F)F)nc3ccccc32)no1. The minimum Gasteiger partial charge on any atom is -0.376 e. The number of amides is 1. The number of aromatic nitrogens is 4. The van der Waals surface area contributed by atoms with Gasteiger partial charge in [-0.2, -0.15) is 18.2 Å². The minimum absolute atomic E-state index is 0.0574. The van der Waals surface area contributed by atoms with Crippen LogP contribution < -0.4 is 5.32 Å². The fourth-order valence-corrected chi connectivity index (χ4v) is 3.09. The lowest BCUT2D eigenvalue weighted by Crippen LogP contribution is -2.32. The second-order valence-corrected chi connectivity index (χ2v) is 6.37. The quantitative estimate of drug-likeness (QED) is 0.713. The molecule has 0 spiro atoms. The molecule has 0 aliphatic carbocycles. The number of nitrogens with zero attached hydrogens (tertiary/aromatic N) is 4. The van der Waals surface area contributed by atoms with Crippen molar-refractivity contribution < 1.29 is 27.2 Å². The summed E-state index contributed by atoms with van der Waals surface area (Å²) < 4.78 is 51.3. The van der Waals surface area contributed by atoms with Gasteiger partial charge >= 0.3 is 18.0 Å². The van der Waals surface area contributed by atoms with E-state index < -0.39 is 17.9 Å². The lowest BCUT2D eigenvalue weighted by Gasteiger charge is -2.09. The zero-order valence-corrected chi connectivity index (χ0v) is 14.6. The third kappa shape index (κ3) is 3.70. The third-order valence-electron chi connectivity index (χ3n) is 4.38. The van der Waals surface area contributed by atoms with Gasteiger partial charge in [0.2, 0.25) is 5.82 Å². The number of hydrogen-bond donors (Lipinski definition) is 1. The molecule has 1 saturated heterocycles. The van der Waals surface area contributed by atoms with Crippen molar-refractivity contribution in [1.29, 1.82) is 0 Å². The number of hydrogen-bond acceptors (Lipinski definition) is 6. The molecule has 1 aliphatic rings. The molecule has 0 bridgehead atoms. The van der Waals surface area contributed by atoms with Crippen LogP contribution in [0.3, 0.4) is 0 Å². The molecule has 4 rings (SSSR count). The van der Waals surface area contributed by atoms with E-state index in [1.54, 1.807) is 12.1 Å². The normalized spacial score (nSPS) is 17.3. The van der Waals surface area contributed by atoms with Crippen LogP contribution in [-0.4, -0.2) is 44.9 Å². The molecule has 148 valence electrons. The van der Waals surface area contributed by atoms with Gasteiger partial charge in [0.15, 0.2) is 5.82 Å². The number of imidazole rings is 1. The Labute approximate surface area is 156 Å². The third-order valence-corrected chi connectivity index (χ3v) is 4.38. The van der Waals surface area contributed by atoms with Gasteiger partial charge in [0.05, 0.1) is 23.7 Å². The predicted molar refractivity (Wildman–Crippen MR) is 89.4 cm³/mol. The first kappa shape index (κ1) is 18.4. The fourth-order valence-electron chi connectivity index (χ4n) is 3.09. The van der Waals surface area contributed by atoms with Gasteiger partial charge in [-0.15, -0.1) is 0 Å². The van der Waals surface area contributed by atoms with Gasteiger partial charge in [0.25, 0.3) is 0 Å². The lowest BCUT2D eigenvalue weighted by atomic mass is 10.2. The zero-order chi connectivity index (χ0) is 19.7. The first-order valence-corrected chi connectivity index (χ1v) is 8.66. The van der Waals surface area contributed by atoms with Crippen molar-refractivity contribution in [1.82, 2.24) is 25.0 Å². The van der Waals surface area contributed by atoms with Crippen molar-refractivity contribution in [2.75, 3.05) is 13.2 Å². The molecule has 28 heavy (non-hydrogen) atoms. The first-order valence-electron chi connectivity index (χ1n) is 8.66. The minimum atomic E-state index is -4.65. The predicted octanol–water partition coefficient (Wildman–Crippen LogP) is 2.40. The Hall–Kier alpha value is -2.95. The number of carbonyl (C=O) groups is 1. The Balaban J connectivity index is 1.53. The summed E-state index contributed by atoms with van der Waals surface area (Å²) in [5, 5.41) is 6.25. The maximum absolute atomic E-state index is 13.3. The largest absolute Gasteiger partial charge is 0.449 e. The summed E-state index contributed by atoms with van der Waals surface area (Å²) in [5.74, 6) is -2.04. The number of alkyl halides is 3. The smallest absolute Gasteiger partial charge is 0.376 e. The second kappa shape index (κ2) is 7.23. The monoisotopic (exact) mass is 395 g/mol. The Morgan fingerprint density at radius 3 is 2.86 bits per heavy atom. The Morgan fingerprint density at radius 1 is 1.29 bits per heavy atom. The van der Waals surface area contributed by atoms with E-state index in [1.807, 2.05) is 0 Å².